The number of hydrogen-bond donors (Lipinski definition) is 0. The molecule has 0 atom stereocenters. The largest absolute Gasteiger partial charge is 0.858 e. The summed E-state index contributed by atoms with van der Waals surface area (Å²) in [6.07, 6.45) is 1.60. The van der Waals surface area contributed by atoms with Crippen LogP contribution in [0, 0.1) is 6.92 Å². The minimum absolute atomic E-state index is 0.190. The average Bonchev–Trinajstić information content (AvgIpc) is 2.97. The number of morpholine rings is 1. The molecule has 0 N–H and O–H groups in total. The highest BCUT2D eigenvalue weighted by Crippen LogP contribution is 2.11. The Labute approximate surface area is 122 Å². The fraction of sp³-hybridized carbons (Fsp3) is 0.357. The second-order valence-electron chi connectivity index (χ2n) is 4.76. The molecule has 0 unspecified atom stereocenters. The Kier molecular flexibility index (Phi) is 3.83. The zero-order chi connectivity index (χ0) is 14.7. The number of nitrogens with zero attached hydrogens (tertiary/aromatic N) is 4. The van der Waals surface area contributed by atoms with Crippen LogP contribution in [-0.2, 0) is 4.74 Å². The van der Waals surface area contributed by atoms with Gasteiger partial charge in [0.05, 0.1) is 31.1 Å². The third kappa shape index (κ3) is 3.03. The van der Waals surface area contributed by atoms with Gasteiger partial charge < -0.3 is 9.84 Å². The van der Waals surface area contributed by atoms with E-state index in [0.29, 0.717) is 18.8 Å². The lowest BCUT2D eigenvalue weighted by Gasteiger charge is -2.18. The molecule has 2 aromatic rings. The normalized spacial score (nSPS) is 16.2. The molecular formula is C14H16N4O3. The zero-order valence-electron chi connectivity index (χ0n) is 11.7. The molecule has 0 amide bonds. The van der Waals surface area contributed by atoms with Crippen LogP contribution in [0.3, 0.4) is 0 Å². The summed E-state index contributed by atoms with van der Waals surface area (Å²) < 4.78 is 10.4. The first kappa shape index (κ1) is 13.6. The molecule has 1 aromatic carbocycles. The van der Waals surface area contributed by atoms with Crippen LogP contribution in [0.15, 0.2) is 40.0 Å². The number of ether oxygens (including phenoxy) is 1. The predicted molar refractivity (Wildman–Crippen MR) is 72.8 cm³/mol. The van der Waals surface area contributed by atoms with Gasteiger partial charge in [-0.05, 0) is 23.9 Å². The second-order valence-corrected chi connectivity index (χ2v) is 4.76. The van der Waals surface area contributed by atoms with Gasteiger partial charge in [-0.1, -0.05) is 24.3 Å². The number of aryl methyl sites for hydroxylation is 1. The molecule has 0 aliphatic carbocycles. The Morgan fingerprint density at radius 3 is 2.86 bits per heavy atom. The lowest BCUT2D eigenvalue weighted by Crippen LogP contribution is -2.62. The summed E-state index contributed by atoms with van der Waals surface area (Å²) >= 11 is 0. The van der Waals surface area contributed by atoms with Crippen molar-refractivity contribution < 1.29 is 19.2 Å². The summed E-state index contributed by atoms with van der Waals surface area (Å²) in [5, 5.41) is 18.0. The summed E-state index contributed by atoms with van der Waals surface area (Å²) in [5.41, 5.74) is 1.44. The minimum Gasteiger partial charge on any atom is -0.858 e. The first-order chi connectivity index (χ1) is 10.2. The number of aliphatic imine (C=N–C) groups is 1. The van der Waals surface area contributed by atoms with Crippen molar-refractivity contribution in [2.45, 2.75) is 6.92 Å². The highest BCUT2D eigenvalue weighted by atomic mass is 16.5. The standard InChI is InChI=1S/C14H16N4O3/c1-11-4-2-3-5-12(11)14(19)15-13-10-18(16-21-13)17-6-8-20-9-7-17/h2-5,10H,6-9H2,1H3. The highest BCUT2D eigenvalue weighted by molar-refractivity contribution is 5.93. The topological polar surface area (TPSA) is 77.8 Å². The molecule has 1 fully saturated rings. The van der Waals surface area contributed by atoms with Gasteiger partial charge in [-0.3, -0.25) is 4.52 Å². The van der Waals surface area contributed by atoms with E-state index in [1.54, 1.807) is 17.1 Å². The van der Waals surface area contributed by atoms with Crippen LogP contribution in [0.2, 0.25) is 0 Å². The minimum atomic E-state index is -0.335. The first-order valence-corrected chi connectivity index (χ1v) is 6.77. The molecule has 2 heterocycles. The maximum atomic E-state index is 12.1. The Bertz CT molecular complexity index is 647. The van der Waals surface area contributed by atoms with E-state index < -0.39 is 0 Å². The van der Waals surface area contributed by atoms with E-state index in [1.807, 2.05) is 30.1 Å². The molecule has 0 bridgehead atoms. The number of hydrogen-bond acceptors (Lipinski definition) is 6. The van der Waals surface area contributed by atoms with E-state index in [4.69, 9.17) is 9.26 Å². The van der Waals surface area contributed by atoms with Crippen LogP contribution in [0.4, 0.5) is 5.88 Å². The molecular weight excluding hydrogens is 272 g/mol. The van der Waals surface area contributed by atoms with Crippen LogP contribution < -0.4 is 14.9 Å². The fourth-order valence-corrected chi connectivity index (χ4v) is 2.14. The third-order valence-corrected chi connectivity index (χ3v) is 3.31. The molecule has 0 saturated carbocycles. The van der Waals surface area contributed by atoms with Crippen LogP contribution in [-0.4, -0.2) is 37.5 Å². The molecule has 0 spiro atoms. The van der Waals surface area contributed by atoms with Gasteiger partial charge in [0.25, 0.3) is 6.20 Å². The Morgan fingerprint density at radius 2 is 2.10 bits per heavy atom. The fourth-order valence-electron chi connectivity index (χ4n) is 2.14. The summed E-state index contributed by atoms with van der Waals surface area (Å²) in [4.78, 5) is 5.52. The second kappa shape index (κ2) is 5.92. The lowest BCUT2D eigenvalue weighted by molar-refractivity contribution is -0.759. The van der Waals surface area contributed by atoms with Crippen molar-refractivity contribution in [2.75, 3.05) is 31.3 Å². The van der Waals surface area contributed by atoms with Gasteiger partial charge in [0.1, 0.15) is 0 Å². The lowest BCUT2D eigenvalue weighted by atomic mass is 10.1. The maximum absolute atomic E-state index is 12.1. The van der Waals surface area contributed by atoms with Crippen LogP contribution in [0.5, 0.6) is 0 Å². The molecule has 1 aromatic heterocycles. The van der Waals surface area contributed by atoms with Crippen molar-refractivity contribution in [3.8, 4) is 0 Å². The average molecular weight is 288 g/mol. The first-order valence-electron chi connectivity index (χ1n) is 6.77. The monoisotopic (exact) mass is 288 g/mol. The number of benzene rings is 1. The quantitative estimate of drug-likeness (QED) is 0.439. The van der Waals surface area contributed by atoms with Gasteiger partial charge in [-0.25, -0.2) is 4.99 Å². The van der Waals surface area contributed by atoms with E-state index in [9.17, 15) is 5.11 Å². The van der Waals surface area contributed by atoms with E-state index in [1.165, 1.54) is 0 Å². The van der Waals surface area contributed by atoms with Crippen molar-refractivity contribution in [3.05, 3.63) is 41.6 Å². The summed E-state index contributed by atoms with van der Waals surface area (Å²) in [6, 6.07) is 7.31. The summed E-state index contributed by atoms with van der Waals surface area (Å²) in [7, 11) is 0. The zero-order valence-corrected chi connectivity index (χ0v) is 11.7. The van der Waals surface area contributed by atoms with Gasteiger partial charge in [0, 0.05) is 0 Å². The van der Waals surface area contributed by atoms with E-state index in [2.05, 4.69) is 10.3 Å². The smallest absolute Gasteiger partial charge is 0.324 e. The van der Waals surface area contributed by atoms with E-state index in [0.717, 1.165) is 18.7 Å². The van der Waals surface area contributed by atoms with Gasteiger partial charge >= 0.3 is 5.88 Å². The molecule has 7 nitrogen and oxygen atoms in total. The van der Waals surface area contributed by atoms with Crippen molar-refractivity contribution in [3.63, 3.8) is 0 Å². The Hall–Kier alpha value is -2.41. The number of aromatic nitrogens is 2. The third-order valence-electron chi connectivity index (χ3n) is 3.31. The van der Waals surface area contributed by atoms with Gasteiger partial charge in [-0.15, -0.1) is 5.01 Å². The van der Waals surface area contributed by atoms with Crippen LogP contribution in [0.1, 0.15) is 11.1 Å². The molecule has 7 heteroatoms. The molecule has 1 saturated heterocycles. The Morgan fingerprint density at radius 1 is 1.33 bits per heavy atom. The highest BCUT2D eigenvalue weighted by Gasteiger charge is 2.22. The van der Waals surface area contributed by atoms with Crippen LogP contribution in [0.25, 0.3) is 0 Å². The molecule has 110 valence electrons. The molecule has 21 heavy (non-hydrogen) atoms. The molecule has 3 rings (SSSR count). The summed E-state index contributed by atoms with van der Waals surface area (Å²) in [6.45, 7) is 4.62. The van der Waals surface area contributed by atoms with Gasteiger partial charge in [-0.2, -0.15) is 0 Å². The number of rotatable bonds is 3. The van der Waals surface area contributed by atoms with Crippen LogP contribution >= 0.6 is 0 Å². The van der Waals surface area contributed by atoms with Gasteiger partial charge in [0.15, 0.2) is 0 Å². The molecule has 1 aliphatic rings. The Balaban J connectivity index is 1.80. The van der Waals surface area contributed by atoms with Crippen molar-refractivity contribution in [1.82, 2.24) is 5.27 Å². The molecule has 0 radical (unpaired) electrons. The van der Waals surface area contributed by atoms with Crippen molar-refractivity contribution in [2.24, 2.45) is 4.99 Å². The van der Waals surface area contributed by atoms with E-state index in [-0.39, 0.29) is 11.8 Å². The van der Waals surface area contributed by atoms with Crippen molar-refractivity contribution in [1.29, 1.82) is 0 Å². The predicted octanol–water partition coefficient (Wildman–Crippen LogP) is -0.323. The van der Waals surface area contributed by atoms with Gasteiger partial charge in [0.2, 0.25) is 5.27 Å². The molecule has 1 aliphatic heterocycles. The SMILES string of the molecule is Cc1ccccc1C([O-])=Nc1c[n+](N2CCOCC2)no1. The van der Waals surface area contributed by atoms with E-state index >= 15 is 0 Å². The summed E-state index contributed by atoms with van der Waals surface area (Å²) in [5.74, 6) is -0.145. The van der Waals surface area contributed by atoms with Crippen molar-refractivity contribution >= 4 is 11.8 Å². The maximum Gasteiger partial charge on any atom is 0.324 e.